The van der Waals surface area contributed by atoms with Crippen LogP contribution in [0.2, 0.25) is 0 Å². The molecule has 1 fully saturated rings. The van der Waals surface area contributed by atoms with E-state index in [1.165, 1.54) is 6.07 Å². The zero-order chi connectivity index (χ0) is 13.7. The monoisotopic (exact) mass is 264 g/mol. The van der Waals surface area contributed by atoms with Crippen LogP contribution in [0, 0.1) is 0 Å². The highest BCUT2D eigenvalue weighted by Crippen LogP contribution is 2.21. The number of anilines is 2. The summed E-state index contributed by atoms with van der Waals surface area (Å²) in [5.74, 6) is -1.04. The van der Waals surface area contributed by atoms with Gasteiger partial charge in [0.05, 0.1) is 11.7 Å². The van der Waals surface area contributed by atoms with Gasteiger partial charge in [0.25, 0.3) is 0 Å². The van der Waals surface area contributed by atoms with E-state index in [-0.39, 0.29) is 11.7 Å². The van der Waals surface area contributed by atoms with Gasteiger partial charge in [0.1, 0.15) is 0 Å². The third-order valence-electron chi connectivity index (χ3n) is 3.02. The molecule has 1 aromatic rings. The maximum absolute atomic E-state index is 11.2. The zero-order valence-corrected chi connectivity index (χ0v) is 10.4. The number of hydrogen-bond donors (Lipinski definition) is 3. The summed E-state index contributed by atoms with van der Waals surface area (Å²) in [6.45, 7) is 1.35. The molecule has 1 amide bonds. The normalized spacial score (nSPS) is 18.0. The molecule has 6 heteroatoms. The topological polar surface area (TPSA) is 87.7 Å². The lowest BCUT2D eigenvalue weighted by atomic mass is 10.1. The number of carbonyl (C=O) groups excluding carboxylic acids is 1. The number of carboxylic acid groups (broad SMARTS) is 1. The van der Waals surface area contributed by atoms with E-state index in [1.54, 1.807) is 12.1 Å². The Morgan fingerprint density at radius 3 is 3.00 bits per heavy atom. The summed E-state index contributed by atoms with van der Waals surface area (Å²) in [6.07, 6.45) is 2.68. The van der Waals surface area contributed by atoms with Crippen LogP contribution in [0.3, 0.4) is 0 Å². The second-order valence-electron chi connectivity index (χ2n) is 4.34. The van der Waals surface area contributed by atoms with Gasteiger partial charge in [0, 0.05) is 24.5 Å². The van der Waals surface area contributed by atoms with Crippen molar-refractivity contribution in [3.05, 3.63) is 23.8 Å². The maximum Gasteiger partial charge on any atom is 0.337 e. The number of benzene rings is 1. The van der Waals surface area contributed by atoms with Crippen molar-refractivity contribution in [1.82, 2.24) is 0 Å². The zero-order valence-electron chi connectivity index (χ0n) is 10.4. The second-order valence-corrected chi connectivity index (χ2v) is 4.34. The van der Waals surface area contributed by atoms with Gasteiger partial charge in [0.2, 0.25) is 6.41 Å². The van der Waals surface area contributed by atoms with Crippen LogP contribution in [0.5, 0.6) is 0 Å². The van der Waals surface area contributed by atoms with Crippen LogP contribution in [0.15, 0.2) is 18.2 Å². The highest BCUT2D eigenvalue weighted by atomic mass is 16.5. The van der Waals surface area contributed by atoms with Gasteiger partial charge in [-0.2, -0.15) is 0 Å². The minimum absolute atomic E-state index is 0.129. The number of ether oxygens (including phenoxy) is 1. The van der Waals surface area contributed by atoms with E-state index in [0.717, 1.165) is 19.4 Å². The van der Waals surface area contributed by atoms with Gasteiger partial charge in [-0.3, -0.25) is 4.79 Å². The summed E-state index contributed by atoms with van der Waals surface area (Å²) >= 11 is 0. The fraction of sp³-hybridized carbons (Fsp3) is 0.385. The molecular formula is C13H16N2O4. The first kappa shape index (κ1) is 13.4. The molecule has 0 spiro atoms. The summed E-state index contributed by atoms with van der Waals surface area (Å²) in [5, 5.41) is 14.7. The largest absolute Gasteiger partial charge is 0.478 e. The molecule has 0 radical (unpaired) electrons. The van der Waals surface area contributed by atoms with Crippen molar-refractivity contribution < 1.29 is 19.4 Å². The van der Waals surface area contributed by atoms with Crippen molar-refractivity contribution in [3.8, 4) is 0 Å². The van der Waals surface area contributed by atoms with Crippen LogP contribution in [0.4, 0.5) is 11.4 Å². The van der Waals surface area contributed by atoms with Crippen LogP contribution >= 0.6 is 0 Å². The highest BCUT2D eigenvalue weighted by Gasteiger charge is 2.17. The minimum Gasteiger partial charge on any atom is -0.478 e. The molecule has 2 rings (SSSR count). The van der Waals surface area contributed by atoms with Gasteiger partial charge >= 0.3 is 5.97 Å². The van der Waals surface area contributed by atoms with E-state index in [4.69, 9.17) is 9.84 Å². The van der Waals surface area contributed by atoms with E-state index in [1.807, 2.05) is 0 Å². The number of aromatic carboxylic acids is 1. The molecule has 1 heterocycles. The van der Waals surface area contributed by atoms with Crippen LogP contribution in [-0.2, 0) is 9.53 Å². The molecule has 1 saturated heterocycles. The van der Waals surface area contributed by atoms with Crippen LogP contribution in [-0.4, -0.2) is 36.7 Å². The number of carboxylic acids is 1. The van der Waals surface area contributed by atoms with Gasteiger partial charge in [-0.15, -0.1) is 0 Å². The SMILES string of the molecule is O=CNc1ccc(NCC2CCCO2)c(C(=O)O)c1. The Balaban J connectivity index is 2.09. The summed E-state index contributed by atoms with van der Waals surface area (Å²) in [4.78, 5) is 21.5. The predicted molar refractivity (Wildman–Crippen MR) is 70.6 cm³/mol. The number of rotatable bonds is 6. The van der Waals surface area contributed by atoms with E-state index in [0.29, 0.717) is 24.3 Å². The van der Waals surface area contributed by atoms with Crippen molar-refractivity contribution in [2.45, 2.75) is 18.9 Å². The average molecular weight is 264 g/mol. The van der Waals surface area contributed by atoms with Gasteiger partial charge in [-0.25, -0.2) is 4.79 Å². The second kappa shape index (κ2) is 6.19. The lowest BCUT2D eigenvalue weighted by molar-refractivity contribution is -0.105. The quantitative estimate of drug-likeness (QED) is 0.678. The van der Waals surface area contributed by atoms with Crippen LogP contribution in [0.25, 0.3) is 0 Å². The van der Waals surface area contributed by atoms with Gasteiger partial charge in [0.15, 0.2) is 0 Å². The minimum atomic E-state index is -1.04. The number of carbonyl (C=O) groups is 2. The summed E-state index contributed by atoms with van der Waals surface area (Å²) < 4.78 is 5.47. The molecule has 1 aromatic carbocycles. The molecule has 102 valence electrons. The summed E-state index contributed by atoms with van der Waals surface area (Å²) in [5.41, 5.74) is 1.11. The smallest absolute Gasteiger partial charge is 0.337 e. The molecule has 6 nitrogen and oxygen atoms in total. The fourth-order valence-electron chi connectivity index (χ4n) is 2.06. The van der Waals surface area contributed by atoms with Crippen molar-refractivity contribution in [2.75, 3.05) is 23.8 Å². The van der Waals surface area contributed by atoms with Crippen LogP contribution in [0.1, 0.15) is 23.2 Å². The third kappa shape index (κ3) is 3.45. The Morgan fingerprint density at radius 1 is 1.53 bits per heavy atom. The third-order valence-corrected chi connectivity index (χ3v) is 3.02. The predicted octanol–water partition coefficient (Wildman–Crippen LogP) is 1.54. The molecule has 1 aliphatic rings. The fourth-order valence-corrected chi connectivity index (χ4v) is 2.06. The first-order chi connectivity index (χ1) is 9.20. The highest BCUT2D eigenvalue weighted by molar-refractivity contribution is 5.96. The standard InChI is InChI=1S/C13H16N2O4/c16-8-15-9-3-4-12(11(6-9)13(17)18)14-7-10-2-1-5-19-10/h3-4,6,8,10,14H,1-2,5,7H2,(H,15,16)(H,17,18). The molecule has 3 N–H and O–H groups in total. The summed E-state index contributed by atoms with van der Waals surface area (Å²) in [6, 6.07) is 4.72. The molecule has 0 saturated carbocycles. The molecule has 0 aromatic heterocycles. The molecule has 0 bridgehead atoms. The van der Waals surface area contributed by atoms with E-state index in [9.17, 15) is 9.59 Å². The first-order valence-electron chi connectivity index (χ1n) is 6.13. The van der Waals surface area contributed by atoms with E-state index < -0.39 is 5.97 Å². The Morgan fingerprint density at radius 2 is 2.37 bits per heavy atom. The Hall–Kier alpha value is -2.08. The Labute approximate surface area is 110 Å². The Kier molecular flexibility index (Phi) is 4.35. The molecule has 1 aliphatic heterocycles. The van der Waals surface area contributed by atoms with Crippen LogP contribution < -0.4 is 10.6 Å². The summed E-state index contributed by atoms with van der Waals surface area (Å²) in [7, 11) is 0. The van der Waals surface area contributed by atoms with Crippen molar-refractivity contribution in [1.29, 1.82) is 0 Å². The maximum atomic E-state index is 11.2. The Bertz CT molecular complexity index is 470. The number of hydrogen-bond acceptors (Lipinski definition) is 4. The molecule has 1 unspecified atom stereocenters. The number of amides is 1. The molecule has 19 heavy (non-hydrogen) atoms. The van der Waals surface area contributed by atoms with Gasteiger partial charge in [-0.05, 0) is 31.0 Å². The van der Waals surface area contributed by atoms with Crippen molar-refractivity contribution in [3.63, 3.8) is 0 Å². The van der Waals surface area contributed by atoms with E-state index >= 15 is 0 Å². The molecule has 1 atom stereocenters. The van der Waals surface area contributed by atoms with E-state index in [2.05, 4.69) is 10.6 Å². The first-order valence-corrected chi connectivity index (χ1v) is 6.13. The lowest BCUT2D eigenvalue weighted by Gasteiger charge is -2.14. The lowest BCUT2D eigenvalue weighted by Crippen LogP contribution is -2.19. The molecule has 0 aliphatic carbocycles. The average Bonchev–Trinajstić information content (AvgIpc) is 2.90. The van der Waals surface area contributed by atoms with Gasteiger partial charge in [-0.1, -0.05) is 0 Å². The van der Waals surface area contributed by atoms with Crippen molar-refractivity contribution >= 4 is 23.8 Å². The number of nitrogens with one attached hydrogen (secondary N) is 2. The molecular weight excluding hydrogens is 248 g/mol. The van der Waals surface area contributed by atoms with Crippen molar-refractivity contribution in [2.24, 2.45) is 0 Å². The van der Waals surface area contributed by atoms with Gasteiger partial charge < -0.3 is 20.5 Å².